The molecule has 0 aliphatic heterocycles. The van der Waals surface area contributed by atoms with Crippen LogP contribution in [0.4, 0.5) is 4.79 Å². The molecule has 170 valence electrons. The lowest BCUT2D eigenvalue weighted by Gasteiger charge is -2.03. The standard InChI is InChI=1S/C18H36O2.CH2O3.H3O3P/c1-2-3-4-5-6-7-8-9-10-11-12-13-14-15-16-17-18(19)20;2-1(3)4;1-4(2)3/h2-17H2,1H3,(H,19,20);(H2,2,3,4);1-3H. The summed E-state index contributed by atoms with van der Waals surface area (Å²) < 4.78 is 0. The lowest BCUT2D eigenvalue weighted by Crippen LogP contribution is -1.93. The van der Waals surface area contributed by atoms with Crippen LogP contribution in [0.3, 0.4) is 0 Å². The van der Waals surface area contributed by atoms with E-state index in [0.29, 0.717) is 6.42 Å². The molecule has 28 heavy (non-hydrogen) atoms. The van der Waals surface area contributed by atoms with Gasteiger partial charge >= 0.3 is 20.7 Å². The van der Waals surface area contributed by atoms with Crippen LogP contribution in [-0.4, -0.2) is 42.1 Å². The minimum atomic E-state index is -2.62. The Morgan fingerprint density at radius 1 is 0.571 bits per heavy atom. The summed E-state index contributed by atoms with van der Waals surface area (Å²) in [4.78, 5) is 40.6. The van der Waals surface area contributed by atoms with Crippen LogP contribution in [0.5, 0.6) is 0 Å². The topological polar surface area (TPSA) is 156 Å². The minimum Gasteiger partial charge on any atom is -0.481 e. The summed E-state index contributed by atoms with van der Waals surface area (Å²) in [7, 11) is -2.62. The average molecular weight is 429 g/mol. The molecular formula is C19H41O8P. The second-order valence-electron chi connectivity index (χ2n) is 6.64. The van der Waals surface area contributed by atoms with Gasteiger partial charge in [-0.1, -0.05) is 96.8 Å². The fourth-order valence-corrected chi connectivity index (χ4v) is 2.65. The molecule has 0 radical (unpaired) electrons. The van der Waals surface area contributed by atoms with Crippen LogP contribution in [0.1, 0.15) is 110 Å². The highest BCUT2D eigenvalue weighted by atomic mass is 31.2. The second kappa shape index (κ2) is 28.3. The summed E-state index contributed by atoms with van der Waals surface area (Å²) in [5.41, 5.74) is 0. The van der Waals surface area contributed by atoms with Crippen molar-refractivity contribution in [3.05, 3.63) is 0 Å². The van der Waals surface area contributed by atoms with Gasteiger partial charge in [-0.05, 0) is 6.42 Å². The number of rotatable bonds is 16. The molecule has 0 saturated heterocycles. The summed E-state index contributed by atoms with van der Waals surface area (Å²) in [5, 5.41) is 22.5. The van der Waals surface area contributed by atoms with E-state index < -0.39 is 20.7 Å². The molecule has 0 aromatic carbocycles. The van der Waals surface area contributed by atoms with E-state index in [2.05, 4.69) is 6.92 Å². The lowest BCUT2D eigenvalue weighted by molar-refractivity contribution is -0.137. The normalized spacial score (nSPS) is 9.89. The molecule has 0 aromatic heterocycles. The highest BCUT2D eigenvalue weighted by molar-refractivity contribution is 7.38. The van der Waals surface area contributed by atoms with Crippen molar-refractivity contribution in [3.8, 4) is 0 Å². The Morgan fingerprint density at radius 3 is 1.00 bits per heavy atom. The maximum Gasteiger partial charge on any atom is 0.503 e. The third kappa shape index (κ3) is 56.2. The number of unbranched alkanes of at least 4 members (excludes halogenated alkanes) is 14. The molecule has 0 atom stereocenters. The monoisotopic (exact) mass is 428 g/mol. The molecule has 9 heteroatoms. The molecule has 0 unspecified atom stereocenters. The molecule has 0 rings (SSSR count). The number of hydrogen-bond acceptors (Lipinski definition) is 5. The van der Waals surface area contributed by atoms with Crippen LogP contribution in [0.15, 0.2) is 0 Å². The fourth-order valence-electron chi connectivity index (χ4n) is 2.65. The highest BCUT2D eigenvalue weighted by Crippen LogP contribution is 2.13. The summed E-state index contributed by atoms with van der Waals surface area (Å²) >= 11 is 0. The molecule has 0 bridgehead atoms. The van der Waals surface area contributed by atoms with E-state index in [-0.39, 0.29) is 0 Å². The quantitative estimate of drug-likeness (QED) is 0.134. The Labute approximate surface area is 170 Å². The van der Waals surface area contributed by atoms with Gasteiger partial charge in [0.25, 0.3) is 0 Å². The summed E-state index contributed by atoms with van der Waals surface area (Å²) in [6.07, 6.45) is 18.4. The number of aliphatic carboxylic acids is 1. The van der Waals surface area contributed by atoms with Gasteiger partial charge in [0.15, 0.2) is 0 Å². The van der Waals surface area contributed by atoms with Crippen LogP contribution in [-0.2, 0) is 4.79 Å². The molecule has 6 N–H and O–H groups in total. The van der Waals surface area contributed by atoms with Crippen molar-refractivity contribution in [2.24, 2.45) is 0 Å². The third-order valence-corrected chi connectivity index (χ3v) is 3.99. The first kappa shape index (κ1) is 31.7. The van der Waals surface area contributed by atoms with E-state index in [4.69, 9.17) is 34.8 Å². The van der Waals surface area contributed by atoms with Crippen molar-refractivity contribution in [2.45, 2.75) is 110 Å². The molecule has 8 nitrogen and oxygen atoms in total. The molecule has 0 amide bonds. The Bertz CT molecular complexity index is 320. The van der Waals surface area contributed by atoms with Gasteiger partial charge in [-0.25, -0.2) is 4.79 Å². The van der Waals surface area contributed by atoms with E-state index in [0.717, 1.165) is 12.8 Å². The SMILES string of the molecule is CCCCCCCCCCCCCCCCCC(=O)O.O=C(O)O.OP(O)O. The zero-order valence-electron chi connectivity index (χ0n) is 17.3. The van der Waals surface area contributed by atoms with Crippen molar-refractivity contribution in [3.63, 3.8) is 0 Å². The second-order valence-corrected chi connectivity index (χ2v) is 7.18. The van der Waals surface area contributed by atoms with Crippen molar-refractivity contribution in [1.29, 1.82) is 0 Å². The van der Waals surface area contributed by atoms with Gasteiger partial charge in [0, 0.05) is 6.42 Å². The molecule has 0 saturated carbocycles. The van der Waals surface area contributed by atoms with Crippen LogP contribution in [0.2, 0.25) is 0 Å². The van der Waals surface area contributed by atoms with Crippen molar-refractivity contribution in [2.75, 3.05) is 0 Å². The number of carboxylic acids is 1. The van der Waals surface area contributed by atoms with Gasteiger partial charge in [-0.2, -0.15) is 0 Å². The highest BCUT2D eigenvalue weighted by Gasteiger charge is 1.97. The predicted octanol–water partition coefficient (Wildman–Crippen LogP) is 5.75. The van der Waals surface area contributed by atoms with Gasteiger partial charge < -0.3 is 30.0 Å². The zero-order valence-corrected chi connectivity index (χ0v) is 18.2. The van der Waals surface area contributed by atoms with Crippen molar-refractivity contribution >= 4 is 20.7 Å². The van der Waals surface area contributed by atoms with E-state index in [9.17, 15) is 4.79 Å². The molecule has 0 aliphatic carbocycles. The van der Waals surface area contributed by atoms with Crippen LogP contribution in [0.25, 0.3) is 0 Å². The van der Waals surface area contributed by atoms with Crippen LogP contribution < -0.4 is 0 Å². The Balaban J connectivity index is -0.000000656. The maximum atomic E-state index is 10.3. The summed E-state index contributed by atoms with van der Waals surface area (Å²) in [6, 6.07) is 0. The molecule has 0 heterocycles. The Kier molecular flexibility index (Phi) is 32.0. The fraction of sp³-hybridized carbons (Fsp3) is 0.895. The van der Waals surface area contributed by atoms with E-state index in [1.54, 1.807) is 0 Å². The summed E-state index contributed by atoms with van der Waals surface area (Å²) in [6.45, 7) is 2.27. The van der Waals surface area contributed by atoms with Gasteiger partial charge in [0.2, 0.25) is 0 Å². The first-order chi connectivity index (χ1) is 13.2. The van der Waals surface area contributed by atoms with E-state index in [1.807, 2.05) is 0 Å². The number of carboxylic acid groups (broad SMARTS) is 3. The molecule has 0 spiro atoms. The number of carbonyl (C=O) groups is 2. The van der Waals surface area contributed by atoms with Gasteiger partial charge in [-0.15, -0.1) is 0 Å². The Morgan fingerprint density at radius 2 is 0.786 bits per heavy atom. The maximum absolute atomic E-state index is 10.3. The van der Waals surface area contributed by atoms with Crippen LogP contribution in [0, 0.1) is 0 Å². The largest absolute Gasteiger partial charge is 0.503 e. The lowest BCUT2D eigenvalue weighted by atomic mass is 10.0. The number of hydrogen-bond donors (Lipinski definition) is 6. The smallest absolute Gasteiger partial charge is 0.481 e. The van der Waals surface area contributed by atoms with Gasteiger partial charge in [0.1, 0.15) is 0 Å². The molecule has 0 aliphatic rings. The van der Waals surface area contributed by atoms with Gasteiger partial charge in [-0.3, -0.25) is 4.79 Å². The first-order valence-electron chi connectivity index (χ1n) is 10.2. The van der Waals surface area contributed by atoms with E-state index in [1.165, 1.54) is 83.5 Å². The molecule has 0 aromatic rings. The van der Waals surface area contributed by atoms with Crippen molar-refractivity contribution < 1.29 is 39.6 Å². The van der Waals surface area contributed by atoms with Crippen LogP contribution >= 0.6 is 8.60 Å². The molecular weight excluding hydrogens is 387 g/mol. The molecule has 0 fully saturated rings. The zero-order chi connectivity index (χ0) is 22.0. The predicted molar refractivity (Wildman–Crippen MR) is 111 cm³/mol. The Hall–Kier alpha value is -0.950. The van der Waals surface area contributed by atoms with E-state index >= 15 is 0 Å². The van der Waals surface area contributed by atoms with Gasteiger partial charge in [0.05, 0.1) is 0 Å². The minimum absolute atomic E-state index is 0.345. The van der Waals surface area contributed by atoms with Crippen molar-refractivity contribution in [1.82, 2.24) is 0 Å². The average Bonchev–Trinajstić information content (AvgIpc) is 2.57. The third-order valence-electron chi connectivity index (χ3n) is 3.99. The first-order valence-corrected chi connectivity index (χ1v) is 11.4. The summed E-state index contributed by atoms with van der Waals surface area (Å²) in [5.74, 6) is -0.653.